The van der Waals surface area contributed by atoms with Crippen LogP contribution in [0.5, 0.6) is 0 Å². The number of carbonyl (C=O) groups excluding carboxylic acids is 2. The van der Waals surface area contributed by atoms with Crippen LogP contribution in [-0.4, -0.2) is 26.2 Å². The summed E-state index contributed by atoms with van der Waals surface area (Å²) in [6.07, 6.45) is 3.59. The third kappa shape index (κ3) is 2.54. The van der Waals surface area contributed by atoms with Crippen molar-refractivity contribution in [3.63, 3.8) is 0 Å². The minimum absolute atomic E-state index is 0.241. The van der Waals surface area contributed by atoms with E-state index in [-0.39, 0.29) is 29.7 Å². The highest BCUT2D eigenvalue weighted by molar-refractivity contribution is 5.82. The predicted octanol–water partition coefficient (Wildman–Crippen LogP) is 1.77. The summed E-state index contributed by atoms with van der Waals surface area (Å²) in [6.45, 7) is 2.04. The van der Waals surface area contributed by atoms with E-state index in [0.717, 1.165) is 25.7 Å². The van der Waals surface area contributed by atoms with Crippen LogP contribution in [0.1, 0.15) is 32.6 Å². The van der Waals surface area contributed by atoms with Crippen molar-refractivity contribution in [1.29, 1.82) is 0 Å². The zero-order valence-corrected chi connectivity index (χ0v) is 10.2. The monoisotopic (exact) mass is 228 g/mol. The standard InChI is InChI=1S/C12H20O4/c1-4-8-6-5-7-9(11(13)15-2)10(8)12(14)16-3/h8-10H,4-7H2,1-3H3/t8-,9+,10?/m0/s1. The molecule has 0 N–H and O–H groups in total. The van der Waals surface area contributed by atoms with Crippen LogP contribution in [0.2, 0.25) is 0 Å². The summed E-state index contributed by atoms with van der Waals surface area (Å²) in [7, 11) is 2.74. The minimum atomic E-state index is -0.323. The van der Waals surface area contributed by atoms with Crippen molar-refractivity contribution in [2.45, 2.75) is 32.6 Å². The number of methoxy groups -OCH3 is 2. The Morgan fingerprint density at radius 1 is 1.12 bits per heavy atom. The normalized spacial score (nSPS) is 29.6. The molecule has 0 amide bonds. The first-order chi connectivity index (χ1) is 7.65. The molecule has 92 valence electrons. The first kappa shape index (κ1) is 13.0. The summed E-state index contributed by atoms with van der Waals surface area (Å²) >= 11 is 0. The molecule has 0 spiro atoms. The van der Waals surface area contributed by atoms with Gasteiger partial charge in [0.05, 0.1) is 26.1 Å². The average molecular weight is 228 g/mol. The minimum Gasteiger partial charge on any atom is -0.469 e. The quantitative estimate of drug-likeness (QED) is 0.691. The van der Waals surface area contributed by atoms with Crippen LogP contribution in [0.25, 0.3) is 0 Å². The Kier molecular flexibility index (Phi) is 4.77. The van der Waals surface area contributed by atoms with Gasteiger partial charge in [-0.1, -0.05) is 19.8 Å². The van der Waals surface area contributed by atoms with Crippen LogP contribution < -0.4 is 0 Å². The highest BCUT2D eigenvalue weighted by Gasteiger charge is 2.42. The summed E-state index contributed by atoms with van der Waals surface area (Å²) in [4.78, 5) is 23.4. The highest BCUT2D eigenvalue weighted by atomic mass is 16.5. The van der Waals surface area contributed by atoms with Crippen LogP contribution in [0.3, 0.4) is 0 Å². The lowest BCUT2D eigenvalue weighted by Gasteiger charge is -2.34. The molecule has 0 heterocycles. The Labute approximate surface area is 96.3 Å². The number of carbonyl (C=O) groups is 2. The molecule has 0 bridgehead atoms. The van der Waals surface area contributed by atoms with E-state index in [9.17, 15) is 9.59 Å². The molecule has 16 heavy (non-hydrogen) atoms. The van der Waals surface area contributed by atoms with E-state index < -0.39 is 0 Å². The number of hydrogen-bond donors (Lipinski definition) is 0. The van der Waals surface area contributed by atoms with Crippen molar-refractivity contribution in [3.05, 3.63) is 0 Å². The fourth-order valence-corrected chi connectivity index (χ4v) is 2.65. The Balaban J connectivity index is 2.87. The molecule has 4 heteroatoms. The molecule has 1 fully saturated rings. The molecular weight excluding hydrogens is 208 g/mol. The molecule has 1 aliphatic rings. The topological polar surface area (TPSA) is 52.6 Å². The molecule has 4 nitrogen and oxygen atoms in total. The van der Waals surface area contributed by atoms with Crippen LogP contribution in [0, 0.1) is 17.8 Å². The molecule has 0 saturated heterocycles. The second kappa shape index (κ2) is 5.87. The second-order valence-electron chi connectivity index (χ2n) is 4.28. The van der Waals surface area contributed by atoms with Crippen molar-refractivity contribution in [2.75, 3.05) is 14.2 Å². The summed E-state index contributed by atoms with van der Waals surface area (Å²) in [5, 5.41) is 0. The van der Waals surface area contributed by atoms with Crippen LogP contribution in [0.15, 0.2) is 0 Å². The van der Waals surface area contributed by atoms with Gasteiger partial charge in [0.15, 0.2) is 0 Å². The molecule has 1 rings (SSSR count). The van der Waals surface area contributed by atoms with E-state index in [2.05, 4.69) is 0 Å². The predicted molar refractivity (Wildman–Crippen MR) is 58.6 cm³/mol. The Hall–Kier alpha value is -1.06. The fraction of sp³-hybridized carbons (Fsp3) is 0.833. The van der Waals surface area contributed by atoms with Gasteiger partial charge in [-0.15, -0.1) is 0 Å². The van der Waals surface area contributed by atoms with Crippen molar-refractivity contribution in [1.82, 2.24) is 0 Å². The van der Waals surface area contributed by atoms with E-state index in [4.69, 9.17) is 9.47 Å². The van der Waals surface area contributed by atoms with E-state index in [1.165, 1.54) is 14.2 Å². The van der Waals surface area contributed by atoms with Crippen LogP contribution in [0.4, 0.5) is 0 Å². The van der Waals surface area contributed by atoms with Gasteiger partial charge in [0.2, 0.25) is 0 Å². The number of ether oxygens (including phenoxy) is 2. The molecule has 0 aliphatic heterocycles. The molecule has 1 unspecified atom stereocenters. The maximum Gasteiger partial charge on any atom is 0.309 e. The van der Waals surface area contributed by atoms with Crippen molar-refractivity contribution in [2.24, 2.45) is 17.8 Å². The van der Waals surface area contributed by atoms with Crippen molar-refractivity contribution in [3.8, 4) is 0 Å². The molecular formula is C12H20O4. The summed E-state index contributed by atoms with van der Waals surface area (Å²) in [5.41, 5.74) is 0. The van der Waals surface area contributed by atoms with E-state index >= 15 is 0 Å². The number of hydrogen-bond acceptors (Lipinski definition) is 4. The van der Waals surface area contributed by atoms with Gasteiger partial charge in [-0.2, -0.15) is 0 Å². The zero-order chi connectivity index (χ0) is 12.1. The van der Waals surface area contributed by atoms with Crippen molar-refractivity contribution < 1.29 is 19.1 Å². The lowest BCUT2D eigenvalue weighted by atomic mass is 9.71. The first-order valence-electron chi connectivity index (χ1n) is 5.81. The second-order valence-corrected chi connectivity index (χ2v) is 4.28. The molecule has 0 aromatic rings. The van der Waals surface area contributed by atoms with E-state index in [1.807, 2.05) is 6.92 Å². The molecule has 3 atom stereocenters. The highest BCUT2D eigenvalue weighted by Crippen LogP contribution is 2.38. The maximum absolute atomic E-state index is 11.7. The van der Waals surface area contributed by atoms with Gasteiger partial charge in [0.1, 0.15) is 0 Å². The van der Waals surface area contributed by atoms with E-state index in [1.54, 1.807) is 0 Å². The van der Waals surface area contributed by atoms with Gasteiger partial charge in [0, 0.05) is 0 Å². The fourth-order valence-electron chi connectivity index (χ4n) is 2.65. The van der Waals surface area contributed by atoms with Crippen LogP contribution in [-0.2, 0) is 19.1 Å². The summed E-state index contributed by atoms with van der Waals surface area (Å²) < 4.78 is 9.56. The summed E-state index contributed by atoms with van der Waals surface area (Å²) in [6, 6.07) is 0. The number of rotatable bonds is 3. The van der Waals surface area contributed by atoms with Gasteiger partial charge in [-0.25, -0.2) is 0 Å². The van der Waals surface area contributed by atoms with Crippen molar-refractivity contribution >= 4 is 11.9 Å². The SMILES string of the molecule is CC[C@H]1CCC[C@@H](C(=O)OC)C1C(=O)OC. The lowest BCUT2D eigenvalue weighted by molar-refractivity contribution is -0.162. The van der Waals surface area contributed by atoms with Gasteiger partial charge in [-0.3, -0.25) is 9.59 Å². The maximum atomic E-state index is 11.7. The largest absolute Gasteiger partial charge is 0.469 e. The smallest absolute Gasteiger partial charge is 0.309 e. The molecule has 0 radical (unpaired) electrons. The lowest BCUT2D eigenvalue weighted by Crippen LogP contribution is -2.39. The summed E-state index contributed by atoms with van der Waals surface area (Å²) in [5.74, 6) is -0.965. The number of esters is 2. The van der Waals surface area contributed by atoms with E-state index in [0.29, 0.717) is 0 Å². The van der Waals surface area contributed by atoms with Crippen LogP contribution >= 0.6 is 0 Å². The zero-order valence-electron chi connectivity index (χ0n) is 10.2. The molecule has 1 aliphatic carbocycles. The molecule has 1 saturated carbocycles. The Morgan fingerprint density at radius 3 is 2.25 bits per heavy atom. The molecule has 0 aromatic heterocycles. The van der Waals surface area contributed by atoms with Gasteiger partial charge < -0.3 is 9.47 Å². The van der Waals surface area contributed by atoms with Gasteiger partial charge in [-0.05, 0) is 18.8 Å². The first-order valence-corrected chi connectivity index (χ1v) is 5.81. The third-order valence-corrected chi connectivity index (χ3v) is 3.53. The van der Waals surface area contributed by atoms with Gasteiger partial charge >= 0.3 is 11.9 Å². The molecule has 0 aromatic carbocycles. The Bertz CT molecular complexity index is 262. The Morgan fingerprint density at radius 2 is 1.75 bits per heavy atom. The van der Waals surface area contributed by atoms with Gasteiger partial charge in [0.25, 0.3) is 0 Å². The third-order valence-electron chi connectivity index (χ3n) is 3.53. The average Bonchev–Trinajstić information content (AvgIpc) is 2.35.